The number of nitrogens with one attached hydrogen (secondary N) is 1. The van der Waals surface area contributed by atoms with E-state index >= 15 is 0 Å². The largest absolute Gasteiger partial charge is 0.381 e. The van der Waals surface area contributed by atoms with Crippen molar-refractivity contribution in [3.05, 3.63) is 17.8 Å². The Hall–Kier alpha value is -1.24. The highest BCUT2D eigenvalue weighted by Gasteiger charge is 2.43. The molecular weight excluding hydrogens is 316 g/mol. The van der Waals surface area contributed by atoms with Gasteiger partial charge in [-0.15, -0.1) is 5.10 Å². The predicted molar refractivity (Wildman–Crippen MR) is 96.7 cm³/mol. The molecule has 6 heteroatoms. The molecule has 0 radical (unpaired) electrons. The molecule has 3 aliphatic rings. The minimum atomic E-state index is 0.0270. The van der Waals surface area contributed by atoms with Crippen LogP contribution in [0.1, 0.15) is 37.8 Å². The molecule has 0 aliphatic carbocycles. The topological polar surface area (TPSA) is 59.5 Å². The molecule has 0 unspecified atom stereocenters. The summed E-state index contributed by atoms with van der Waals surface area (Å²) in [5.41, 5.74) is 0.972. The third kappa shape index (κ3) is 4.30. The second-order valence-electron chi connectivity index (χ2n) is 7.99. The highest BCUT2D eigenvalue weighted by Crippen LogP contribution is 2.36. The summed E-state index contributed by atoms with van der Waals surface area (Å²) in [5, 5.41) is 11.9. The molecule has 3 fully saturated rings. The van der Waals surface area contributed by atoms with E-state index in [0.29, 0.717) is 6.04 Å². The summed E-state index contributed by atoms with van der Waals surface area (Å²) < 4.78 is 11.8. The van der Waals surface area contributed by atoms with Crippen molar-refractivity contribution in [1.29, 1.82) is 0 Å². The van der Waals surface area contributed by atoms with Gasteiger partial charge in [-0.3, -0.25) is 0 Å². The van der Waals surface area contributed by atoms with Gasteiger partial charge in [0.05, 0.1) is 23.9 Å². The maximum atomic E-state index is 6.33. The van der Waals surface area contributed by atoms with E-state index in [1.807, 2.05) is 19.1 Å². The van der Waals surface area contributed by atoms with Crippen molar-refractivity contribution in [3.8, 4) is 0 Å². The summed E-state index contributed by atoms with van der Waals surface area (Å²) in [6, 6.07) is 4.34. The van der Waals surface area contributed by atoms with E-state index in [1.165, 1.54) is 38.8 Å². The first-order chi connectivity index (χ1) is 12.2. The second-order valence-corrected chi connectivity index (χ2v) is 7.99. The second kappa shape index (κ2) is 7.56. The quantitative estimate of drug-likeness (QED) is 0.902. The normalized spacial score (nSPS) is 31.5. The molecule has 3 saturated heterocycles. The summed E-state index contributed by atoms with van der Waals surface area (Å²) in [7, 11) is 0. The SMILES string of the molecule is Cc1ccc(N[C@@H]2CO[C@]3(CCCN(CC4CCOCC4)C3)C2)nn1. The summed E-state index contributed by atoms with van der Waals surface area (Å²) in [4.78, 5) is 2.63. The van der Waals surface area contributed by atoms with Gasteiger partial charge in [-0.2, -0.15) is 5.10 Å². The lowest BCUT2D eigenvalue weighted by molar-refractivity contribution is -0.0580. The number of hydrogen-bond donors (Lipinski definition) is 1. The van der Waals surface area contributed by atoms with Crippen LogP contribution in [-0.2, 0) is 9.47 Å². The van der Waals surface area contributed by atoms with Gasteiger partial charge in [0.25, 0.3) is 0 Å². The van der Waals surface area contributed by atoms with Crippen LogP contribution >= 0.6 is 0 Å². The van der Waals surface area contributed by atoms with Crippen molar-refractivity contribution < 1.29 is 9.47 Å². The van der Waals surface area contributed by atoms with Crippen LogP contribution in [0.5, 0.6) is 0 Å². The smallest absolute Gasteiger partial charge is 0.148 e. The van der Waals surface area contributed by atoms with Crippen molar-refractivity contribution in [2.45, 2.75) is 50.7 Å². The zero-order chi connectivity index (χ0) is 17.1. The Bertz CT molecular complexity index is 561. The van der Waals surface area contributed by atoms with E-state index in [0.717, 1.165) is 50.2 Å². The van der Waals surface area contributed by atoms with Gasteiger partial charge in [0, 0.05) is 32.7 Å². The third-order valence-corrected chi connectivity index (χ3v) is 5.83. The molecule has 3 aliphatic heterocycles. The van der Waals surface area contributed by atoms with Gasteiger partial charge in [0.1, 0.15) is 5.82 Å². The highest BCUT2D eigenvalue weighted by atomic mass is 16.5. The average Bonchev–Trinajstić information content (AvgIpc) is 3.00. The summed E-state index contributed by atoms with van der Waals surface area (Å²) in [6.07, 6.45) is 5.89. The zero-order valence-corrected chi connectivity index (χ0v) is 15.2. The minimum Gasteiger partial charge on any atom is -0.381 e. The molecule has 4 heterocycles. The first kappa shape index (κ1) is 17.2. The Morgan fingerprint density at radius 2 is 2.16 bits per heavy atom. The Kier molecular flexibility index (Phi) is 5.20. The molecule has 1 spiro atoms. The standard InChI is InChI=1S/C19H30N4O2/c1-15-3-4-18(22-21-15)20-17-11-19(25-13-17)7-2-8-23(14-19)12-16-5-9-24-10-6-16/h3-4,16-17H,2,5-14H2,1H3,(H,20,22)/t17-,19+/m0/s1. The average molecular weight is 346 g/mol. The van der Waals surface area contributed by atoms with Gasteiger partial charge in [0.2, 0.25) is 0 Å². The first-order valence-corrected chi connectivity index (χ1v) is 9.72. The molecule has 25 heavy (non-hydrogen) atoms. The van der Waals surface area contributed by atoms with Gasteiger partial charge in [-0.1, -0.05) is 0 Å². The lowest BCUT2D eigenvalue weighted by atomic mass is 9.87. The van der Waals surface area contributed by atoms with E-state index in [4.69, 9.17) is 9.47 Å². The van der Waals surface area contributed by atoms with Crippen molar-refractivity contribution in [3.63, 3.8) is 0 Å². The molecule has 4 rings (SSSR count). The molecule has 2 atom stereocenters. The Balaban J connectivity index is 1.31. The van der Waals surface area contributed by atoms with Crippen molar-refractivity contribution in [2.24, 2.45) is 5.92 Å². The Morgan fingerprint density at radius 3 is 2.96 bits per heavy atom. The molecule has 0 saturated carbocycles. The highest BCUT2D eigenvalue weighted by molar-refractivity contribution is 5.34. The maximum Gasteiger partial charge on any atom is 0.148 e. The fraction of sp³-hybridized carbons (Fsp3) is 0.789. The molecular formula is C19H30N4O2. The van der Waals surface area contributed by atoms with Crippen molar-refractivity contribution in [1.82, 2.24) is 15.1 Å². The molecule has 0 aromatic carbocycles. The maximum absolute atomic E-state index is 6.33. The van der Waals surface area contributed by atoms with Gasteiger partial charge < -0.3 is 19.7 Å². The number of aromatic nitrogens is 2. The van der Waals surface area contributed by atoms with Crippen molar-refractivity contribution in [2.75, 3.05) is 44.8 Å². The van der Waals surface area contributed by atoms with Gasteiger partial charge in [-0.05, 0) is 57.2 Å². The van der Waals surface area contributed by atoms with E-state index in [9.17, 15) is 0 Å². The molecule has 1 N–H and O–H groups in total. The summed E-state index contributed by atoms with van der Waals surface area (Å²) in [5.74, 6) is 1.65. The monoisotopic (exact) mass is 346 g/mol. The van der Waals surface area contributed by atoms with Gasteiger partial charge in [-0.25, -0.2) is 0 Å². The lowest BCUT2D eigenvalue weighted by Gasteiger charge is -2.41. The fourth-order valence-corrected chi connectivity index (χ4v) is 4.55. The third-order valence-electron chi connectivity index (χ3n) is 5.83. The van der Waals surface area contributed by atoms with Crippen LogP contribution in [-0.4, -0.2) is 66.2 Å². The van der Waals surface area contributed by atoms with E-state index in [-0.39, 0.29) is 5.60 Å². The number of nitrogens with zero attached hydrogens (tertiary/aromatic N) is 3. The van der Waals surface area contributed by atoms with Crippen LogP contribution in [0.2, 0.25) is 0 Å². The molecule has 1 aromatic rings. The fourth-order valence-electron chi connectivity index (χ4n) is 4.55. The van der Waals surface area contributed by atoms with Crippen molar-refractivity contribution >= 4 is 5.82 Å². The van der Waals surface area contributed by atoms with Crippen LogP contribution in [0.15, 0.2) is 12.1 Å². The van der Waals surface area contributed by atoms with E-state index in [1.54, 1.807) is 0 Å². The zero-order valence-electron chi connectivity index (χ0n) is 15.2. The van der Waals surface area contributed by atoms with Gasteiger partial charge >= 0.3 is 0 Å². The number of ether oxygens (including phenoxy) is 2. The number of hydrogen-bond acceptors (Lipinski definition) is 6. The molecule has 138 valence electrons. The molecule has 6 nitrogen and oxygen atoms in total. The summed E-state index contributed by atoms with van der Waals surface area (Å²) in [6.45, 7) is 8.08. The van der Waals surface area contributed by atoms with Gasteiger partial charge in [0.15, 0.2) is 0 Å². The van der Waals surface area contributed by atoms with Crippen LogP contribution in [0.3, 0.4) is 0 Å². The van der Waals surface area contributed by atoms with Crippen LogP contribution in [0.4, 0.5) is 5.82 Å². The molecule has 0 bridgehead atoms. The molecule has 0 amide bonds. The van der Waals surface area contributed by atoms with Crippen LogP contribution < -0.4 is 5.32 Å². The number of aryl methyl sites for hydroxylation is 1. The first-order valence-electron chi connectivity index (χ1n) is 9.72. The van der Waals surface area contributed by atoms with Crippen LogP contribution in [0.25, 0.3) is 0 Å². The molecule has 1 aromatic heterocycles. The predicted octanol–water partition coefficient (Wildman–Crippen LogP) is 2.25. The van der Waals surface area contributed by atoms with Crippen LogP contribution in [0, 0.1) is 12.8 Å². The lowest BCUT2D eigenvalue weighted by Crippen LogP contribution is -2.49. The Morgan fingerprint density at radius 1 is 1.28 bits per heavy atom. The Labute approximate surface area is 150 Å². The number of anilines is 1. The van der Waals surface area contributed by atoms with E-state index in [2.05, 4.69) is 20.4 Å². The summed E-state index contributed by atoms with van der Waals surface area (Å²) >= 11 is 0. The minimum absolute atomic E-state index is 0.0270. The number of rotatable bonds is 4. The number of piperidine rings is 1. The number of likely N-dealkylation sites (tertiary alicyclic amines) is 1. The van der Waals surface area contributed by atoms with E-state index < -0.39 is 0 Å².